The number of ether oxygens (including phenoxy) is 2. The molecule has 2 aromatic carbocycles. The molecule has 2 aromatic rings. The van der Waals surface area contributed by atoms with Crippen LogP contribution in [0.2, 0.25) is 0 Å². The molecule has 0 amide bonds. The van der Waals surface area contributed by atoms with Crippen LogP contribution < -0.4 is 9.47 Å². The Morgan fingerprint density at radius 3 is 2.14 bits per heavy atom. The molecule has 0 aliphatic carbocycles. The summed E-state index contributed by atoms with van der Waals surface area (Å²) < 4.78 is 10.7. The number of carboxylic acid groups (broad SMARTS) is 2. The van der Waals surface area contributed by atoms with E-state index in [0.717, 1.165) is 5.56 Å². The Balaban J connectivity index is 2.08. The number of benzene rings is 2. The number of nitro groups is 1. The smallest absolute Gasteiger partial charge is 0.334 e. The third kappa shape index (κ3) is 4.96. The van der Waals surface area contributed by atoms with Gasteiger partial charge in [-0.25, -0.2) is 9.59 Å². The third-order valence-corrected chi connectivity index (χ3v) is 6.14. The average Bonchev–Trinajstić information content (AvgIpc) is 2.82. The maximum atomic E-state index is 12.4. The van der Waals surface area contributed by atoms with E-state index in [-0.39, 0.29) is 28.9 Å². The average molecular weight is 482 g/mol. The molecule has 0 bridgehead atoms. The zero-order valence-corrected chi connectivity index (χ0v) is 19.8. The van der Waals surface area contributed by atoms with Crippen molar-refractivity contribution in [3.8, 4) is 11.5 Å². The molecule has 35 heavy (non-hydrogen) atoms. The molecule has 3 rings (SSSR count). The minimum atomic E-state index is -1.29. The van der Waals surface area contributed by atoms with E-state index in [4.69, 9.17) is 9.47 Å². The number of nitro benzene ring substituents is 1. The van der Waals surface area contributed by atoms with Crippen molar-refractivity contribution >= 4 is 17.6 Å². The normalized spacial score (nSPS) is 14.2. The molecule has 0 radical (unpaired) electrons. The van der Waals surface area contributed by atoms with Gasteiger partial charge >= 0.3 is 11.9 Å². The van der Waals surface area contributed by atoms with Crippen LogP contribution >= 0.6 is 0 Å². The number of hydrogen-bond acceptors (Lipinski definition) is 7. The molecular formula is C25H26N2O8. The molecule has 10 heteroatoms. The van der Waals surface area contributed by atoms with Crippen molar-refractivity contribution in [2.24, 2.45) is 0 Å². The number of hydrogen-bond donors (Lipinski definition) is 2. The van der Waals surface area contributed by atoms with Crippen LogP contribution in [0.5, 0.6) is 11.5 Å². The Morgan fingerprint density at radius 2 is 1.63 bits per heavy atom. The van der Waals surface area contributed by atoms with Crippen molar-refractivity contribution in [3.05, 3.63) is 86.2 Å². The predicted molar refractivity (Wildman–Crippen MR) is 126 cm³/mol. The van der Waals surface area contributed by atoms with Crippen molar-refractivity contribution in [2.45, 2.75) is 26.2 Å². The van der Waals surface area contributed by atoms with Crippen LogP contribution in [0.1, 0.15) is 30.9 Å². The molecule has 1 heterocycles. The number of rotatable bonds is 9. The van der Waals surface area contributed by atoms with Gasteiger partial charge in [0.25, 0.3) is 5.69 Å². The molecule has 1 aliphatic rings. The summed E-state index contributed by atoms with van der Waals surface area (Å²) >= 11 is 0. The van der Waals surface area contributed by atoms with Gasteiger partial charge < -0.3 is 24.6 Å². The Kier molecular flexibility index (Phi) is 7.43. The van der Waals surface area contributed by atoms with Gasteiger partial charge in [-0.15, -0.1) is 0 Å². The first-order valence-corrected chi connectivity index (χ1v) is 10.7. The molecule has 0 fully saturated rings. The van der Waals surface area contributed by atoms with Crippen molar-refractivity contribution in [2.75, 3.05) is 20.8 Å². The van der Waals surface area contributed by atoms with Crippen molar-refractivity contribution in [3.63, 3.8) is 0 Å². The first-order chi connectivity index (χ1) is 16.6. The quantitative estimate of drug-likeness (QED) is 0.401. The second-order valence-electron chi connectivity index (χ2n) is 7.97. The fraction of sp³-hybridized carbons (Fsp3) is 0.280. The summed E-state index contributed by atoms with van der Waals surface area (Å²) in [5.74, 6) is -2.54. The summed E-state index contributed by atoms with van der Waals surface area (Å²) in [4.78, 5) is 37.1. The monoisotopic (exact) mass is 482 g/mol. The highest BCUT2D eigenvalue weighted by molar-refractivity contribution is 5.98. The van der Waals surface area contributed by atoms with E-state index in [1.54, 1.807) is 38.0 Å². The van der Waals surface area contributed by atoms with Crippen LogP contribution in [-0.2, 0) is 16.0 Å². The zero-order chi connectivity index (χ0) is 25.9. The van der Waals surface area contributed by atoms with Gasteiger partial charge in [0.05, 0.1) is 36.2 Å². The second kappa shape index (κ2) is 10.3. The molecule has 184 valence electrons. The fourth-order valence-electron chi connectivity index (χ4n) is 4.44. The predicted octanol–water partition coefficient (Wildman–Crippen LogP) is 3.97. The molecule has 0 saturated carbocycles. The standard InChI is InChI=1S/C25H26N2O8/c1-14-21(24(28)29)23(17-6-5-7-18(12-17)27(32)33)22(25(30)31)15(2)26(14)11-10-16-8-9-19(34-3)13-20(16)35-4/h5-9,12-13,23H,10-11H2,1-4H3,(H,28,29)(H,30,31). The van der Waals surface area contributed by atoms with E-state index in [9.17, 15) is 29.9 Å². The molecular weight excluding hydrogens is 456 g/mol. The van der Waals surface area contributed by atoms with Gasteiger partial charge in [0, 0.05) is 36.1 Å². The minimum Gasteiger partial charge on any atom is -0.497 e. The summed E-state index contributed by atoms with van der Waals surface area (Å²) in [6, 6.07) is 10.8. The molecule has 0 saturated heterocycles. The summed E-state index contributed by atoms with van der Waals surface area (Å²) in [5, 5.41) is 31.4. The van der Waals surface area contributed by atoms with Gasteiger partial charge in [0.2, 0.25) is 0 Å². The zero-order valence-electron chi connectivity index (χ0n) is 19.8. The van der Waals surface area contributed by atoms with Crippen molar-refractivity contribution in [1.29, 1.82) is 0 Å². The second-order valence-corrected chi connectivity index (χ2v) is 7.97. The van der Waals surface area contributed by atoms with Crippen LogP contribution in [0.15, 0.2) is 65.0 Å². The van der Waals surface area contributed by atoms with Gasteiger partial charge in [-0.3, -0.25) is 10.1 Å². The van der Waals surface area contributed by atoms with Crippen LogP contribution in [-0.4, -0.2) is 52.7 Å². The van der Waals surface area contributed by atoms with Crippen molar-refractivity contribution in [1.82, 2.24) is 4.90 Å². The van der Waals surface area contributed by atoms with E-state index in [0.29, 0.717) is 29.3 Å². The van der Waals surface area contributed by atoms with Gasteiger partial charge in [0.15, 0.2) is 0 Å². The van der Waals surface area contributed by atoms with Gasteiger partial charge in [-0.2, -0.15) is 0 Å². The maximum Gasteiger partial charge on any atom is 0.334 e. The number of methoxy groups -OCH3 is 2. The Bertz CT molecular complexity index is 1210. The highest BCUT2D eigenvalue weighted by Gasteiger charge is 2.39. The number of non-ortho nitro benzene ring substituents is 1. The number of aliphatic carboxylic acids is 2. The molecule has 2 N–H and O–H groups in total. The summed E-state index contributed by atoms with van der Waals surface area (Å²) in [6.45, 7) is 3.51. The van der Waals surface area contributed by atoms with Gasteiger partial charge in [0.1, 0.15) is 11.5 Å². The third-order valence-electron chi connectivity index (χ3n) is 6.14. The SMILES string of the molecule is COc1ccc(CCN2C(C)=C(C(=O)O)C(c3cccc([N+](=O)[O-])c3)C(C(=O)O)=C2C)c(OC)c1. The van der Waals surface area contributed by atoms with E-state index in [1.165, 1.54) is 31.4 Å². The number of carboxylic acids is 2. The van der Waals surface area contributed by atoms with Gasteiger partial charge in [-0.05, 0) is 37.5 Å². The molecule has 0 aromatic heterocycles. The van der Waals surface area contributed by atoms with Crippen LogP contribution in [0.4, 0.5) is 5.69 Å². The molecule has 0 unspecified atom stereocenters. The minimum absolute atomic E-state index is 0.143. The maximum absolute atomic E-state index is 12.4. The Labute approximate surface area is 201 Å². The lowest BCUT2D eigenvalue weighted by molar-refractivity contribution is -0.384. The fourth-order valence-corrected chi connectivity index (χ4v) is 4.44. The molecule has 1 aliphatic heterocycles. The lowest BCUT2D eigenvalue weighted by atomic mass is 9.79. The van der Waals surface area contributed by atoms with E-state index in [2.05, 4.69) is 0 Å². The number of allylic oxidation sites excluding steroid dienone is 2. The molecule has 0 spiro atoms. The van der Waals surface area contributed by atoms with E-state index in [1.807, 2.05) is 6.07 Å². The Hall–Kier alpha value is -4.34. The first kappa shape index (κ1) is 25.3. The van der Waals surface area contributed by atoms with Crippen LogP contribution in [0.25, 0.3) is 0 Å². The van der Waals surface area contributed by atoms with Gasteiger partial charge in [-0.1, -0.05) is 18.2 Å². The Morgan fingerprint density at radius 1 is 1.00 bits per heavy atom. The topological polar surface area (TPSA) is 139 Å². The van der Waals surface area contributed by atoms with Crippen molar-refractivity contribution < 1.29 is 34.2 Å². The highest BCUT2D eigenvalue weighted by atomic mass is 16.6. The van der Waals surface area contributed by atoms with E-state index >= 15 is 0 Å². The largest absolute Gasteiger partial charge is 0.497 e. The molecule has 10 nitrogen and oxygen atoms in total. The number of carbonyl (C=O) groups is 2. The first-order valence-electron chi connectivity index (χ1n) is 10.7. The lowest BCUT2D eigenvalue weighted by Gasteiger charge is -2.37. The summed E-state index contributed by atoms with van der Waals surface area (Å²) in [6.07, 6.45) is 0.434. The number of nitrogens with zero attached hydrogens (tertiary/aromatic N) is 2. The van der Waals surface area contributed by atoms with Crippen LogP contribution in [0, 0.1) is 10.1 Å². The highest BCUT2D eigenvalue weighted by Crippen LogP contribution is 2.43. The summed E-state index contributed by atoms with van der Waals surface area (Å²) in [7, 11) is 3.08. The summed E-state index contributed by atoms with van der Waals surface area (Å²) in [5.41, 5.74) is 1.26. The van der Waals surface area contributed by atoms with E-state index < -0.39 is 22.8 Å². The van der Waals surface area contributed by atoms with Crippen LogP contribution in [0.3, 0.4) is 0 Å². The lowest BCUT2D eigenvalue weighted by Crippen LogP contribution is -2.35. The molecule has 0 atom stereocenters.